The van der Waals surface area contributed by atoms with E-state index in [1.807, 2.05) is 0 Å². The SMILES string of the molecule is Cc1cc2c3c(c1)-n1c4c(c5cc(C(C)(C)C)cc(c51)B3c1ccc(N(c3ccccc3C)c3ccccc3C)cc1N2c1cc2c(cc1C)C(C)(C)CCC2(C)C)C(C)(C)C1=CC=CCC14. The summed E-state index contributed by atoms with van der Waals surface area (Å²) in [5, 5.41) is 1.44. The molecule has 3 aliphatic carbocycles. The molecule has 336 valence electrons. The molecule has 12 rings (SSSR count). The van der Waals surface area contributed by atoms with Crippen LogP contribution in [0.25, 0.3) is 16.6 Å². The molecular weight excluding hydrogens is 810 g/mol. The lowest BCUT2D eigenvalue weighted by Crippen LogP contribution is -2.60. The van der Waals surface area contributed by atoms with E-state index in [4.69, 9.17) is 0 Å². The number of anilines is 6. The first kappa shape index (κ1) is 42.4. The van der Waals surface area contributed by atoms with Crippen molar-refractivity contribution >= 4 is 68.1 Å². The quantitative estimate of drug-likeness (QED) is 0.163. The molecule has 5 aliphatic rings. The summed E-state index contributed by atoms with van der Waals surface area (Å²) in [7, 11) is 0. The molecule has 6 aromatic carbocycles. The normalized spacial score (nSPS) is 18.8. The van der Waals surface area contributed by atoms with Gasteiger partial charge in [0.2, 0.25) is 0 Å². The number of aryl methyl sites for hydroxylation is 4. The number of nitrogens with zero attached hydrogens (tertiary/aromatic N) is 3. The molecule has 0 N–H and O–H groups in total. The molecule has 1 aromatic heterocycles. The highest BCUT2D eigenvalue weighted by molar-refractivity contribution is 7.00. The van der Waals surface area contributed by atoms with Gasteiger partial charge < -0.3 is 14.4 Å². The van der Waals surface area contributed by atoms with E-state index in [2.05, 4.69) is 226 Å². The summed E-state index contributed by atoms with van der Waals surface area (Å²) in [4.78, 5) is 5.22. The molecule has 0 spiro atoms. The maximum Gasteiger partial charge on any atom is 0.252 e. The van der Waals surface area contributed by atoms with Crippen LogP contribution in [0.15, 0.2) is 127 Å². The molecule has 1 unspecified atom stereocenters. The highest BCUT2D eigenvalue weighted by Gasteiger charge is 2.51. The fraction of sp³-hybridized carbons (Fsp3) is 0.333. The van der Waals surface area contributed by atoms with Crippen LogP contribution in [0.1, 0.15) is 138 Å². The number of benzene rings is 6. The Kier molecular flexibility index (Phi) is 8.87. The summed E-state index contributed by atoms with van der Waals surface area (Å²) >= 11 is 0. The average Bonchev–Trinajstić information content (AvgIpc) is 3.75. The summed E-state index contributed by atoms with van der Waals surface area (Å²) in [5.41, 5.74) is 28.5. The van der Waals surface area contributed by atoms with Crippen molar-refractivity contribution in [3.63, 3.8) is 0 Å². The Morgan fingerprint density at radius 2 is 1.28 bits per heavy atom. The average molecular weight is 876 g/mol. The van der Waals surface area contributed by atoms with Crippen LogP contribution in [0.5, 0.6) is 0 Å². The Morgan fingerprint density at radius 3 is 1.94 bits per heavy atom. The van der Waals surface area contributed by atoms with Gasteiger partial charge in [0, 0.05) is 67.7 Å². The Hall–Kier alpha value is -6.00. The predicted molar refractivity (Wildman–Crippen MR) is 288 cm³/mol. The molecule has 0 bridgehead atoms. The van der Waals surface area contributed by atoms with Gasteiger partial charge in [0.25, 0.3) is 6.71 Å². The highest BCUT2D eigenvalue weighted by atomic mass is 15.2. The van der Waals surface area contributed by atoms with Crippen molar-refractivity contribution in [3.8, 4) is 5.69 Å². The molecule has 3 nitrogen and oxygen atoms in total. The largest absolute Gasteiger partial charge is 0.314 e. The minimum atomic E-state index is -0.0941. The number of para-hydroxylation sites is 2. The van der Waals surface area contributed by atoms with Crippen molar-refractivity contribution in [2.24, 2.45) is 0 Å². The van der Waals surface area contributed by atoms with Crippen LogP contribution in [0.3, 0.4) is 0 Å². The van der Waals surface area contributed by atoms with Crippen molar-refractivity contribution in [2.75, 3.05) is 9.80 Å². The van der Waals surface area contributed by atoms with E-state index < -0.39 is 0 Å². The number of allylic oxidation sites excluding steroid dienone is 4. The molecule has 3 heterocycles. The monoisotopic (exact) mass is 876 g/mol. The van der Waals surface area contributed by atoms with E-state index in [0.717, 1.165) is 6.42 Å². The first-order chi connectivity index (χ1) is 31.8. The minimum Gasteiger partial charge on any atom is -0.314 e. The van der Waals surface area contributed by atoms with E-state index in [9.17, 15) is 0 Å². The smallest absolute Gasteiger partial charge is 0.252 e. The maximum absolute atomic E-state index is 2.78. The summed E-state index contributed by atoms with van der Waals surface area (Å²) < 4.78 is 2.78. The van der Waals surface area contributed by atoms with Crippen LogP contribution in [0.4, 0.5) is 34.1 Å². The molecule has 0 saturated carbocycles. The zero-order chi connectivity index (χ0) is 46.9. The minimum absolute atomic E-state index is 0.0395. The van der Waals surface area contributed by atoms with Gasteiger partial charge in [0.05, 0.1) is 0 Å². The standard InChI is InChI=1S/C63H66BN3/c1-37-30-54-57-55(31-37)67-58-44(56-59(67)43-22-16-17-23-45(43)63(56,12)13)33-41(60(5,6)7)34-49(58)64(57)48-27-26-42(65(50-24-18-14-20-38(50)2)51-25-19-15-21-39(51)3)35-53(48)66(54)52-36-47-46(32-40(52)4)61(8,9)28-29-62(47,10)11/h14-21,23-27,30-36,43H,22,28-29H2,1-13H3. The third-order valence-corrected chi connectivity index (χ3v) is 17.1. The van der Waals surface area contributed by atoms with Gasteiger partial charge in [-0.25, -0.2) is 0 Å². The van der Waals surface area contributed by atoms with Gasteiger partial charge in [-0.15, -0.1) is 0 Å². The Bertz CT molecular complexity index is 3310. The molecule has 67 heavy (non-hydrogen) atoms. The second-order valence-corrected chi connectivity index (χ2v) is 23.9. The lowest BCUT2D eigenvalue weighted by atomic mass is 9.33. The van der Waals surface area contributed by atoms with E-state index in [-0.39, 0.29) is 28.4 Å². The van der Waals surface area contributed by atoms with E-state index >= 15 is 0 Å². The van der Waals surface area contributed by atoms with Crippen LogP contribution >= 0.6 is 0 Å². The fourth-order valence-electron chi connectivity index (χ4n) is 13.4. The summed E-state index contributed by atoms with van der Waals surface area (Å²) in [6, 6.07) is 40.7. The number of fused-ring (bicyclic) bond motifs is 10. The van der Waals surface area contributed by atoms with Crippen LogP contribution in [0.2, 0.25) is 0 Å². The Balaban J connectivity index is 1.22. The van der Waals surface area contributed by atoms with E-state index in [1.54, 1.807) is 5.57 Å². The topological polar surface area (TPSA) is 11.4 Å². The van der Waals surface area contributed by atoms with Gasteiger partial charge in [-0.05, 0) is 173 Å². The van der Waals surface area contributed by atoms with Gasteiger partial charge >= 0.3 is 0 Å². The molecule has 0 amide bonds. The second-order valence-electron chi connectivity index (χ2n) is 23.9. The van der Waals surface area contributed by atoms with Crippen molar-refractivity contribution in [3.05, 3.63) is 177 Å². The zero-order valence-electron chi connectivity index (χ0n) is 42.2. The number of rotatable bonds is 4. The van der Waals surface area contributed by atoms with Crippen LogP contribution < -0.4 is 26.2 Å². The number of hydrogen-bond donors (Lipinski definition) is 0. The van der Waals surface area contributed by atoms with Crippen molar-refractivity contribution in [1.29, 1.82) is 0 Å². The number of aromatic nitrogens is 1. The molecule has 0 saturated heterocycles. The molecular formula is C63H66BN3. The lowest BCUT2D eigenvalue weighted by molar-refractivity contribution is 0.332. The fourth-order valence-corrected chi connectivity index (χ4v) is 13.4. The molecule has 7 aromatic rings. The molecule has 0 fully saturated rings. The Morgan fingerprint density at radius 1 is 0.642 bits per heavy atom. The van der Waals surface area contributed by atoms with Crippen molar-refractivity contribution in [2.45, 2.75) is 137 Å². The number of hydrogen-bond acceptors (Lipinski definition) is 2. The van der Waals surface area contributed by atoms with E-state index in [0.29, 0.717) is 5.92 Å². The summed E-state index contributed by atoms with van der Waals surface area (Å²) in [6.07, 6.45) is 10.5. The van der Waals surface area contributed by atoms with Crippen LogP contribution in [0, 0.1) is 27.7 Å². The van der Waals surface area contributed by atoms with Crippen molar-refractivity contribution < 1.29 is 0 Å². The maximum atomic E-state index is 2.78. The zero-order valence-corrected chi connectivity index (χ0v) is 42.2. The van der Waals surface area contributed by atoms with Gasteiger partial charge in [-0.1, -0.05) is 141 Å². The van der Waals surface area contributed by atoms with Gasteiger partial charge in [0.1, 0.15) is 0 Å². The van der Waals surface area contributed by atoms with Crippen molar-refractivity contribution in [1.82, 2.24) is 4.57 Å². The summed E-state index contributed by atoms with van der Waals surface area (Å²) in [5.74, 6) is 0.345. The van der Waals surface area contributed by atoms with Gasteiger partial charge in [0.15, 0.2) is 0 Å². The second kappa shape index (κ2) is 14.0. The molecule has 2 aliphatic heterocycles. The van der Waals surface area contributed by atoms with Gasteiger partial charge in [-0.3, -0.25) is 0 Å². The molecule has 0 radical (unpaired) electrons. The third-order valence-electron chi connectivity index (χ3n) is 17.1. The lowest BCUT2D eigenvalue weighted by Gasteiger charge is -2.45. The molecule has 4 heteroatoms. The van der Waals surface area contributed by atoms with Crippen LogP contribution in [-0.4, -0.2) is 11.3 Å². The van der Waals surface area contributed by atoms with E-state index in [1.165, 1.54) is 130 Å². The Labute approximate surface area is 400 Å². The first-order valence-corrected chi connectivity index (χ1v) is 25.0. The van der Waals surface area contributed by atoms with Crippen LogP contribution in [-0.2, 0) is 21.7 Å². The third kappa shape index (κ3) is 5.90. The summed E-state index contributed by atoms with van der Waals surface area (Å²) in [6.45, 7) is 31.3. The van der Waals surface area contributed by atoms with Gasteiger partial charge in [-0.2, -0.15) is 0 Å². The first-order valence-electron chi connectivity index (χ1n) is 25.0. The predicted octanol–water partition coefficient (Wildman–Crippen LogP) is 14.9. The highest BCUT2D eigenvalue weighted by Crippen LogP contribution is 2.58. The molecule has 1 atom stereocenters.